The van der Waals surface area contributed by atoms with Crippen LogP contribution in [0.5, 0.6) is 0 Å². The van der Waals surface area contributed by atoms with Crippen LogP contribution in [0, 0.1) is 0 Å². The molecular weight excluding hydrogens is 148 g/mol. The predicted octanol–water partition coefficient (Wildman–Crippen LogP) is -1.69. The largest absolute Gasteiger partial charge is 0.392 e. The van der Waals surface area contributed by atoms with Gasteiger partial charge in [0.25, 0.3) is 0 Å². The lowest BCUT2D eigenvalue weighted by Gasteiger charge is -2.16. The highest BCUT2D eigenvalue weighted by Crippen LogP contribution is 1.86. The zero-order chi connectivity index (χ0) is 8.85. The third-order valence-electron chi connectivity index (χ3n) is 1.01. The average Bonchev–Trinajstić information content (AvgIpc) is 1.84. The Morgan fingerprint density at radius 3 is 2.64 bits per heavy atom. The Labute approximate surface area is 64.8 Å². The van der Waals surface area contributed by atoms with E-state index in [1.54, 1.807) is 0 Å². The first-order chi connectivity index (χ1) is 5.06. The molecule has 0 fully saturated rings. The minimum Gasteiger partial charge on any atom is -0.392 e. The Morgan fingerprint density at radius 1 is 1.82 bits per heavy atom. The fourth-order valence-electron chi connectivity index (χ4n) is 0.684. The van der Waals surface area contributed by atoms with Gasteiger partial charge in [0, 0.05) is 6.54 Å². The first-order valence-corrected chi connectivity index (χ1v) is 3.22. The van der Waals surface area contributed by atoms with Crippen molar-refractivity contribution in [3.63, 3.8) is 0 Å². The first-order valence-electron chi connectivity index (χ1n) is 3.22. The molecule has 0 aromatic carbocycles. The normalized spacial score (nSPS) is 12.2. The molecule has 0 aliphatic heterocycles. The number of hydrogen-bond donors (Lipinski definition) is 2. The number of aliphatic hydroxyl groups excluding tert-OH is 1. The van der Waals surface area contributed by atoms with E-state index in [4.69, 9.17) is 10.8 Å². The van der Waals surface area contributed by atoms with E-state index < -0.39 is 12.0 Å². The van der Waals surface area contributed by atoms with Crippen LogP contribution >= 0.6 is 0 Å². The summed E-state index contributed by atoms with van der Waals surface area (Å²) >= 11 is 0. The maximum absolute atomic E-state index is 10.3. The van der Waals surface area contributed by atoms with Gasteiger partial charge in [-0.25, -0.2) is 0 Å². The SMILES string of the molecule is CC(O)CN(C=O)CC(N)=O. The molecule has 11 heavy (non-hydrogen) atoms. The highest BCUT2D eigenvalue weighted by atomic mass is 16.3. The average molecular weight is 160 g/mol. The summed E-state index contributed by atoms with van der Waals surface area (Å²) in [6.45, 7) is 1.51. The molecule has 0 aromatic rings. The second kappa shape index (κ2) is 4.68. The monoisotopic (exact) mass is 160 g/mol. The molecule has 0 heterocycles. The first kappa shape index (κ1) is 9.90. The molecule has 0 saturated heterocycles. The van der Waals surface area contributed by atoms with Crippen LogP contribution in [0.4, 0.5) is 0 Å². The fraction of sp³-hybridized carbons (Fsp3) is 0.667. The number of carbonyl (C=O) groups excluding carboxylic acids is 2. The van der Waals surface area contributed by atoms with Gasteiger partial charge < -0.3 is 15.7 Å². The summed E-state index contributed by atoms with van der Waals surface area (Å²) < 4.78 is 0. The Morgan fingerprint density at radius 2 is 2.36 bits per heavy atom. The van der Waals surface area contributed by atoms with Gasteiger partial charge in [0.05, 0.1) is 12.6 Å². The molecule has 0 radical (unpaired) electrons. The van der Waals surface area contributed by atoms with E-state index in [0.717, 1.165) is 4.90 Å². The van der Waals surface area contributed by atoms with Crippen LogP contribution in [0.25, 0.3) is 0 Å². The van der Waals surface area contributed by atoms with Gasteiger partial charge in [0.1, 0.15) is 0 Å². The van der Waals surface area contributed by atoms with E-state index in [1.807, 2.05) is 0 Å². The van der Waals surface area contributed by atoms with Crippen molar-refractivity contribution < 1.29 is 14.7 Å². The molecule has 1 unspecified atom stereocenters. The van der Waals surface area contributed by atoms with Crippen molar-refractivity contribution in [3.05, 3.63) is 0 Å². The molecule has 0 rings (SSSR count). The van der Waals surface area contributed by atoms with E-state index in [1.165, 1.54) is 6.92 Å². The Hall–Kier alpha value is -1.10. The lowest BCUT2D eigenvalue weighted by atomic mass is 10.4. The van der Waals surface area contributed by atoms with Crippen molar-refractivity contribution in [1.29, 1.82) is 0 Å². The molecule has 0 aromatic heterocycles. The minimum atomic E-state index is -0.639. The number of rotatable bonds is 5. The third kappa shape index (κ3) is 5.35. The standard InChI is InChI=1S/C6H12N2O3/c1-5(10)2-8(4-9)3-6(7)11/h4-5,10H,2-3H2,1H3,(H2,7,11). The molecule has 5 heteroatoms. The minimum absolute atomic E-state index is 0.131. The molecule has 1 atom stereocenters. The number of primary amides is 1. The van der Waals surface area contributed by atoms with E-state index in [0.29, 0.717) is 6.41 Å². The van der Waals surface area contributed by atoms with Crippen LogP contribution in [-0.4, -0.2) is 41.5 Å². The topological polar surface area (TPSA) is 83.6 Å². The number of nitrogens with two attached hydrogens (primary N) is 1. The van der Waals surface area contributed by atoms with Gasteiger partial charge >= 0.3 is 0 Å². The summed E-state index contributed by atoms with van der Waals surface area (Å²) in [6, 6.07) is 0. The molecule has 5 nitrogen and oxygen atoms in total. The van der Waals surface area contributed by atoms with Crippen molar-refractivity contribution >= 4 is 12.3 Å². The molecule has 64 valence electrons. The maximum atomic E-state index is 10.3. The summed E-state index contributed by atoms with van der Waals surface area (Å²) in [5.41, 5.74) is 4.82. The van der Waals surface area contributed by atoms with E-state index in [2.05, 4.69) is 0 Å². The molecular formula is C6H12N2O3. The molecule has 3 N–H and O–H groups in total. The molecule has 0 spiro atoms. The van der Waals surface area contributed by atoms with Crippen LogP contribution in [0.3, 0.4) is 0 Å². The van der Waals surface area contributed by atoms with Crippen LogP contribution < -0.4 is 5.73 Å². The maximum Gasteiger partial charge on any atom is 0.237 e. The van der Waals surface area contributed by atoms with E-state index in [-0.39, 0.29) is 13.1 Å². The van der Waals surface area contributed by atoms with Crippen LogP contribution in [0.1, 0.15) is 6.92 Å². The lowest BCUT2D eigenvalue weighted by Crippen LogP contribution is -2.37. The fourth-order valence-corrected chi connectivity index (χ4v) is 0.684. The van der Waals surface area contributed by atoms with Gasteiger partial charge in [-0.1, -0.05) is 0 Å². The summed E-state index contributed by atoms with van der Waals surface area (Å²) in [6.07, 6.45) is -0.156. The van der Waals surface area contributed by atoms with E-state index in [9.17, 15) is 9.59 Å². The van der Waals surface area contributed by atoms with Gasteiger partial charge in [0.15, 0.2) is 0 Å². The number of hydrogen-bond acceptors (Lipinski definition) is 3. The number of carbonyl (C=O) groups is 2. The Bertz CT molecular complexity index is 147. The summed E-state index contributed by atoms with van der Waals surface area (Å²) in [7, 11) is 0. The molecule has 0 saturated carbocycles. The Kier molecular flexibility index (Phi) is 4.21. The number of amides is 2. The molecule has 2 amide bonds. The molecule has 0 bridgehead atoms. The van der Waals surface area contributed by atoms with Crippen molar-refractivity contribution in [3.8, 4) is 0 Å². The van der Waals surface area contributed by atoms with Crippen LogP contribution in [0.15, 0.2) is 0 Å². The highest BCUT2D eigenvalue weighted by Gasteiger charge is 2.07. The second-order valence-electron chi connectivity index (χ2n) is 2.35. The van der Waals surface area contributed by atoms with Gasteiger partial charge in [-0.05, 0) is 6.92 Å². The van der Waals surface area contributed by atoms with Crippen molar-refractivity contribution in [2.24, 2.45) is 5.73 Å². The van der Waals surface area contributed by atoms with Crippen LogP contribution in [0.2, 0.25) is 0 Å². The van der Waals surface area contributed by atoms with Crippen molar-refractivity contribution in [2.75, 3.05) is 13.1 Å². The highest BCUT2D eigenvalue weighted by molar-refractivity contribution is 5.77. The lowest BCUT2D eigenvalue weighted by molar-refractivity contribution is -0.127. The van der Waals surface area contributed by atoms with Gasteiger partial charge in [-0.15, -0.1) is 0 Å². The van der Waals surface area contributed by atoms with Crippen LogP contribution in [-0.2, 0) is 9.59 Å². The predicted molar refractivity (Wildman–Crippen MR) is 38.5 cm³/mol. The van der Waals surface area contributed by atoms with Crippen molar-refractivity contribution in [1.82, 2.24) is 4.90 Å². The molecule has 0 aliphatic carbocycles. The zero-order valence-electron chi connectivity index (χ0n) is 6.36. The van der Waals surface area contributed by atoms with E-state index >= 15 is 0 Å². The smallest absolute Gasteiger partial charge is 0.237 e. The quantitative estimate of drug-likeness (QED) is 0.471. The summed E-state index contributed by atoms with van der Waals surface area (Å²) in [5, 5.41) is 8.81. The molecule has 0 aliphatic rings. The zero-order valence-corrected chi connectivity index (χ0v) is 6.36. The number of nitrogens with zero attached hydrogens (tertiary/aromatic N) is 1. The van der Waals surface area contributed by atoms with Gasteiger partial charge in [-0.2, -0.15) is 0 Å². The van der Waals surface area contributed by atoms with Crippen molar-refractivity contribution in [2.45, 2.75) is 13.0 Å². The Balaban J connectivity index is 3.76. The number of aliphatic hydroxyl groups is 1. The summed E-state index contributed by atoms with van der Waals surface area (Å²) in [5.74, 6) is -0.585. The third-order valence-corrected chi connectivity index (χ3v) is 1.01. The van der Waals surface area contributed by atoms with Gasteiger partial charge in [0.2, 0.25) is 12.3 Å². The van der Waals surface area contributed by atoms with Gasteiger partial charge in [-0.3, -0.25) is 9.59 Å². The second-order valence-corrected chi connectivity index (χ2v) is 2.35. The summed E-state index contributed by atoms with van der Waals surface area (Å²) in [4.78, 5) is 21.6.